The highest BCUT2D eigenvalue weighted by Gasteiger charge is 2.19. The second-order valence-electron chi connectivity index (χ2n) is 4.82. The van der Waals surface area contributed by atoms with Crippen LogP contribution in [0.2, 0.25) is 0 Å². The average molecular weight is 221 g/mol. The van der Waals surface area contributed by atoms with Gasteiger partial charge >= 0.3 is 0 Å². The molecule has 3 rings (SSSR count). The van der Waals surface area contributed by atoms with Gasteiger partial charge in [0, 0.05) is 26.0 Å². The Hall–Kier alpha value is -0.900. The van der Waals surface area contributed by atoms with E-state index in [9.17, 15) is 0 Å². The van der Waals surface area contributed by atoms with Crippen LogP contribution in [0.4, 0.5) is 0 Å². The first kappa shape index (κ1) is 10.3. The molecule has 0 aliphatic carbocycles. The van der Waals surface area contributed by atoms with E-state index in [0.29, 0.717) is 6.10 Å². The van der Waals surface area contributed by atoms with Crippen molar-refractivity contribution in [2.45, 2.75) is 57.6 Å². The molecule has 4 heteroatoms. The van der Waals surface area contributed by atoms with Gasteiger partial charge in [0.05, 0.1) is 6.10 Å². The molecule has 3 heterocycles. The minimum absolute atomic E-state index is 0.359. The maximum atomic E-state index is 5.72. The number of ether oxygens (including phenoxy) is 1. The zero-order valence-corrected chi connectivity index (χ0v) is 9.69. The van der Waals surface area contributed by atoms with E-state index in [-0.39, 0.29) is 0 Å². The second-order valence-corrected chi connectivity index (χ2v) is 4.82. The molecule has 2 aliphatic heterocycles. The quantitative estimate of drug-likeness (QED) is 0.763. The summed E-state index contributed by atoms with van der Waals surface area (Å²) in [5.41, 5.74) is 0. The summed E-state index contributed by atoms with van der Waals surface area (Å²) in [5, 5.41) is 4.57. The summed E-state index contributed by atoms with van der Waals surface area (Å²) in [6.07, 6.45) is 8.54. The number of rotatable bonds is 2. The van der Waals surface area contributed by atoms with Crippen LogP contribution in [0.1, 0.15) is 43.8 Å². The molecule has 0 aromatic carbocycles. The van der Waals surface area contributed by atoms with Crippen molar-refractivity contribution in [2.24, 2.45) is 0 Å². The minimum atomic E-state index is 0.359. The fourth-order valence-corrected chi connectivity index (χ4v) is 2.59. The number of hydrogen-bond acceptors (Lipinski definition) is 3. The molecule has 4 nitrogen and oxygen atoms in total. The van der Waals surface area contributed by atoms with E-state index in [4.69, 9.17) is 4.74 Å². The molecule has 1 fully saturated rings. The third kappa shape index (κ3) is 2.12. The zero-order chi connectivity index (χ0) is 10.8. The van der Waals surface area contributed by atoms with Crippen LogP contribution in [0.5, 0.6) is 0 Å². The molecule has 0 radical (unpaired) electrons. The van der Waals surface area contributed by atoms with Gasteiger partial charge in [-0.3, -0.25) is 0 Å². The van der Waals surface area contributed by atoms with Gasteiger partial charge in [0.25, 0.3) is 0 Å². The number of aromatic nitrogens is 3. The first-order valence-electron chi connectivity index (χ1n) is 6.46. The highest BCUT2D eigenvalue weighted by molar-refractivity contribution is 4.97. The van der Waals surface area contributed by atoms with Gasteiger partial charge in [0.15, 0.2) is 5.82 Å². The molecule has 0 saturated carbocycles. The summed E-state index contributed by atoms with van der Waals surface area (Å²) in [6.45, 7) is 1.96. The van der Waals surface area contributed by atoms with Gasteiger partial charge in [-0.2, -0.15) is 5.10 Å². The predicted octanol–water partition coefficient (Wildman–Crippen LogP) is 1.73. The Morgan fingerprint density at radius 3 is 3.06 bits per heavy atom. The lowest BCUT2D eigenvalue weighted by molar-refractivity contribution is 0.0156. The lowest BCUT2D eigenvalue weighted by Gasteiger charge is -2.21. The van der Waals surface area contributed by atoms with E-state index >= 15 is 0 Å². The lowest BCUT2D eigenvalue weighted by atomic mass is 10.1. The van der Waals surface area contributed by atoms with Gasteiger partial charge < -0.3 is 4.74 Å². The lowest BCUT2D eigenvalue weighted by Crippen LogP contribution is -2.22. The molecule has 1 aromatic rings. The highest BCUT2D eigenvalue weighted by atomic mass is 16.5. The maximum absolute atomic E-state index is 5.72. The molecule has 16 heavy (non-hydrogen) atoms. The summed E-state index contributed by atoms with van der Waals surface area (Å²) in [7, 11) is 0. The fraction of sp³-hybridized carbons (Fsp3) is 0.833. The van der Waals surface area contributed by atoms with Crippen LogP contribution in [-0.4, -0.2) is 27.5 Å². The van der Waals surface area contributed by atoms with Gasteiger partial charge in [-0.15, -0.1) is 0 Å². The van der Waals surface area contributed by atoms with Crippen molar-refractivity contribution in [1.82, 2.24) is 14.8 Å². The molecule has 1 atom stereocenters. The molecule has 88 valence electrons. The van der Waals surface area contributed by atoms with Gasteiger partial charge in [-0.05, 0) is 32.1 Å². The number of fused-ring (bicyclic) bond motifs is 1. The Bertz CT molecular complexity index is 332. The maximum Gasteiger partial charge on any atom is 0.153 e. The van der Waals surface area contributed by atoms with Gasteiger partial charge in [-0.1, -0.05) is 0 Å². The van der Waals surface area contributed by atoms with E-state index in [1.165, 1.54) is 37.9 Å². The van der Waals surface area contributed by atoms with Crippen molar-refractivity contribution in [3.05, 3.63) is 11.6 Å². The van der Waals surface area contributed by atoms with Crippen LogP contribution in [0.25, 0.3) is 0 Å². The van der Waals surface area contributed by atoms with Gasteiger partial charge in [-0.25, -0.2) is 9.67 Å². The van der Waals surface area contributed by atoms with E-state index in [2.05, 4.69) is 14.8 Å². The molecule has 0 N–H and O–H groups in total. The first-order chi connectivity index (χ1) is 7.92. The van der Waals surface area contributed by atoms with Crippen molar-refractivity contribution >= 4 is 0 Å². The summed E-state index contributed by atoms with van der Waals surface area (Å²) in [4.78, 5) is 4.62. The Morgan fingerprint density at radius 2 is 2.25 bits per heavy atom. The number of nitrogens with zero attached hydrogens (tertiary/aromatic N) is 3. The smallest absolute Gasteiger partial charge is 0.153 e. The normalized spacial score (nSPS) is 25.4. The molecule has 0 spiro atoms. The van der Waals surface area contributed by atoms with Crippen molar-refractivity contribution in [3.63, 3.8) is 0 Å². The third-order valence-corrected chi connectivity index (χ3v) is 3.50. The predicted molar refractivity (Wildman–Crippen MR) is 60.3 cm³/mol. The average Bonchev–Trinajstić information content (AvgIpc) is 2.72. The molecule has 1 aromatic heterocycles. The van der Waals surface area contributed by atoms with Crippen LogP contribution in [0, 0.1) is 0 Å². The third-order valence-electron chi connectivity index (χ3n) is 3.50. The van der Waals surface area contributed by atoms with Crippen molar-refractivity contribution in [2.75, 3.05) is 6.61 Å². The van der Waals surface area contributed by atoms with Crippen LogP contribution >= 0.6 is 0 Å². The van der Waals surface area contributed by atoms with E-state index in [1.54, 1.807) is 0 Å². The largest absolute Gasteiger partial charge is 0.378 e. The fourth-order valence-electron chi connectivity index (χ4n) is 2.59. The summed E-state index contributed by atoms with van der Waals surface area (Å²) >= 11 is 0. The standard InChI is InChI=1S/C12H19N3O/c1-3-7-15-12(6-1)13-11(14-15)9-10-5-2-4-8-16-10/h10H,1-9H2. The molecular weight excluding hydrogens is 202 g/mol. The SMILES string of the molecule is C1CCC(Cc2nc3n(n2)CCCC3)OC1. The molecule has 1 saturated heterocycles. The summed E-state index contributed by atoms with van der Waals surface area (Å²) in [6, 6.07) is 0. The number of aryl methyl sites for hydroxylation is 2. The summed E-state index contributed by atoms with van der Waals surface area (Å²) in [5.74, 6) is 2.17. The van der Waals surface area contributed by atoms with Crippen LogP contribution in [0.3, 0.4) is 0 Å². The second kappa shape index (κ2) is 4.53. The minimum Gasteiger partial charge on any atom is -0.378 e. The van der Waals surface area contributed by atoms with Crippen LogP contribution in [0.15, 0.2) is 0 Å². The topological polar surface area (TPSA) is 39.9 Å². The Morgan fingerprint density at radius 1 is 1.25 bits per heavy atom. The van der Waals surface area contributed by atoms with Crippen molar-refractivity contribution in [1.29, 1.82) is 0 Å². The van der Waals surface area contributed by atoms with Crippen LogP contribution < -0.4 is 0 Å². The van der Waals surface area contributed by atoms with E-state index < -0.39 is 0 Å². The zero-order valence-electron chi connectivity index (χ0n) is 9.69. The van der Waals surface area contributed by atoms with E-state index in [0.717, 1.165) is 31.8 Å². The number of hydrogen-bond donors (Lipinski definition) is 0. The van der Waals surface area contributed by atoms with Gasteiger partial charge in [0.1, 0.15) is 5.82 Å². The van der Waals surface area contributed by atoms with Crippen molar-refractivity contribution < 1.29 is 4.74 Å². The monoisotopic (exact) mass is 221 g/mol. The van der Waals surface area contributed by atoms with Crippen LogP contribution in [-0.2, 0) is 24.1 Å². The van der Waals surface area contributed by atoms with E-state index in [1.807, 2.05) is 0 Å². The molecule has 2 aliphatic rings. The van der Waals surface area contributed by atoms with Gasteiger partial charge in [0.2, 0.25) is 0 Å². The molecular formula is C12H19N3O. The Balaban J connectivity index is 1.67. The first-order valence-corrected chi connectivity index (χ1v) is 6.46. The Labute approximate surface area is 96.0 Å². The highest BCUT2D eigenvalue weighted by Crippen LogP contribution is 2.17. The molecule has 0 bridgehead atoms. The summed E-state index contributed by atoms with van der Waals surface area (Å²) < 4.78 is 7.81. The molecule has 0 amide bonds. The Kier molecular flexibility index (Phi) is 2.91. The van der Waals surface area contributed by atoms with Crippen molar-refractivity contribution in [3.8, 4) is 0 Å². The molecule has 1 unspecified atom stereocenters.